The topological polar surface area (TPSA) is 45.3 Å². The summed E-state index contributed by atoms with van der Waals surface area (Å²) < 4.78 is 5.85. The van der Waals surface area contributed by atoms with Gasteiger partial charge in [-0.3, -0.25) is 4.79 Å². The van der Waals surface area contributed by atoms with Crippen LogP contribution < -0.4 is 10.3 Å². The van der Waals surface area contributed by atoms with Crippen molar-refractivity contribution in [3.63, 3.8) is 0 Å². The molecule has 0 saturated carbocycles. The lowest BCUT2D eigenvalue weighted by molar-refractivity contribution is 0.153. The maximum atomic E-state index is 11.4. The molecular weight excluding hydrogens is 312 g/mol. The first-order valence-electron chi connectivity index (χ1n) is 9.60. The highest BCUT2D eigenvalue weighted by atomic mass is 16.5. The highest BCUT2D eigenvalue weighted by Gasteiger charge is 2.20. The minimum atomic E-state index is -0.0779. The molecule has 0 spiro atoms. The molecule has 0 aliphatic carbocycles. The zero-order valence-corrected chi connectivity index (χ0v) is 15.5. The monoisotopic (exact) mass is 342 g/mol. The zero-order valence-electron chi connectivity index (χ0n) is 15.5. The lowest BCUT2D eigenvalue weighted by Gasteiger charge is -2.33. The molecule has 0 bridgehead atoms. The van der Waals surface area contributed by atoms with E-state index in [1.165, 1.54) is 38.9 Å². The molecule has 1 N–H and O–H groups in total. The molecule has 2 aromatic rings. The summed E-state index contributed by atoms with van der Waals surface area (Å²) in [6, 6.07) is 9.25. The molecule has 1 saturated heterocycles. The van der Waals surface area contributed by atoms with E-state index in [0.29, 0.717) is 0 Å². The van der Waals surface area contributed by atoms with E-state index in [4.69, 9.17) is 4.74 Å². The normalized spacial score (nSPS) is 16.6. The van der Waals surface area contributed by atoms with Gasteiger partial charge < -0.3 is 14.6 Å². The lowest BCUT2D eigenvalue weighted by atomic mass is 9.87. The SMILES string of the molecule is CC(C)C1CCN(CCCCOc2ccc3ccc(=O)[nH]c3c2)CC1. The molecule has 1 aliphatic heterocycles. The third kappa shape index (κ3) is 5.08. The number of hydrogen-bond donors (Lipinski definition) is 1. The van der Waals surface area contributed by atoms with Gasteiger partial charge >= 0.3 is 0 Å². The number of nitrogens with one attached hydrogen (secondary N) is 1. The quantitative estimate of drug-likeness (QED) is 0.772. The van der Waals surface area contributed by atoms with Crippen LogP contribution in [0.4, 0.5) is 0 Å². The van der Waals surface area contributed by atoms with E-state index in [1.54, 1.807) is 6.07 Å². The van der Waals surface area contributed by atoms with Crippen molar-refractivity contribution in [1.82, 2.24) is 9.88 Å². The van der Waals surface area contributed by atoms with Crippen molar-refractivity contribution in [2.45, 2.75) is 39.5 Å². The molecule has 0 atom stereocenters. The van der Waals surface area contributed by atoms with Crippen LogP contribution in [0.2, 0.25) is 0 Å². The van der Waals surface area contributed by atoms with Gasteiger partial charge in [0.2, 0.25) is 5.56 Å². The number of benzene rings is 1. The number of H-pyrrole nitrogens is 1. The maximum absolute atomic E-state index is 11.4. The standard InChI is InChI=1S/C21H30N2O2/c1-16(2)17-9-12-23(13-10-17)11-3-4-14-25-19-7-5-18-6-8-21(24)22-20(18)15-19/h5-8,15-17H,3-4,9-14H2,1-2H3,(H,22,24). The maximum Gasteiger partial charge on any atom is 0.248 e. The highest BCUT2D eigenvalue weighted by Crippen LogP contribution is 2.24. The molecule has 1 aromatic carbocycles. The predicted octanol–water partition coefficient (Wildman–Crippen LogP) is 4.06. The number of fused-ring (bicyclic) bond motifs is 1. The first-order chi connectivity index (χ1) is 12.1. The van der Waals surface area contributed by atoms with Crippen molar-refractivity contribution in [2.75, 3.05) is 26.2 Å². The van der Waals surface area contributed by atoms with Crippen LogP contribution in [0.15, 0.2) is 35.1 Å². The van der Waals surface area contributed by atoms with E-state index in [9.17, 15) is 4.79 Å². The third-order valence-electron chi connectivity index (χ3n) is 5.41. The summed E-state index contributed by atoms with van der Waals surface area (Å²) >= 11 is 0. The van der Waals surface area contributed by atoms with E-state index in [-0.39, 0.29) is 5.56 Å². The molecule has 136 valence electrons. The number of likely N-dealkylation sites (tertiary alicyclic amines) is 1. The average Bonchev–Trinajstić information content (AvgIpc) is 2.61. The van der Waals surface area contributed by atoms with E-state index >= 15 is 0 Å². The number of piperidine rings is 1. The molecule has 0 unspecified atom stereocenters. The summed E-state index contributed by atoms with van der Waals surface area (Å²) in [7, 11) is 0. The Bertz CT molecular complexity index is 730. The van der Waals surface area contributed by atoms with Gasteiger partial charge in [0.15, 0.2) is 0 Å². The van der Waals surface area contributed by atoms with Gasteiger partial charge in [0.05, 0.1) is 12.1 Å². The third-order valence-corrected chi connectivity index (χ3v) is 5.41. The first kappa shape index (κ1) is 18.0. The van der Waals surface area contributed by atoms with Crippen LogP contribution >= 0.6 is 0 Å². The molecule has 2 heterocycles. The van der Waals surface area contributed by atoms with Crippen LogP contribution in [-0.4, -0.2) is 36.1 Å². The molecule has 4 nitrogen and oxygen atoms in total. The summed E-state index contributed by atoms with van der Waals surface area (Å²) in [6.07, 6.45) is 4.94. The van der Waals surface area contributed by atoms with Crippen molar-refractivity contribution < 1.29 is 4.74 Å². The van der Waals surface area contributed by atoms with E-state index in [2.05, 4.69) is 23.7 Å². The molecule has 1 fully saturated rings. The Morgan fingerprint density at radius 2 is 1.92 bits per heavy atom. The fourth-order valence-electron chi connectivity index (χ4n) is 3.69. The Hall–Kier alpha value is -1.81. The van der Waals surface area contributed by atoms with Gasteiger partial charge in [-0.05, 0) is 80.7 Å². The second-order valence-corrected chi connectivity index (χ2v) is 7.55. The number of unbranched alkanes of at least 4 members (excludes halogenated alkanes) is 1. The fourth-order valence-corrected chi connectivity index (χ4v) is 3.69. The van der Waals surface area contributed by atoms with Gasteiger partial charge in [0, 0.05) is 12.1 Å². The molecule has 1 aliphatic rings. The van der Waals surface area contributed by atoms with Gasteiger partial charge in [-0.2, -0.15) is 0 Å². The van der Waals surface area contributed by atoms with Crippen LogP contribution in [0.3, 0.4) is 0 Å². The summed E-state index contributed by atoms with van der Waals surface area (Å²) in [5.74, 6) is 2.57. The molecule has 3 rings (SSSR count). The number of ether oxygens (including phenoxy) is 1. The average molecular weight is 342 g/mol. The molecule has 1 aromatic heterocycles. The summed E-state index contributed by atoms with van der Waals surface area (Å²) in [5.41, 5.74) is 0.754. The first-order valence-corrected chi connectivity index (χ1v) is 9.60. The zero-order chi connectivity index (χ0) is 17.6. The number of nitrogens with zero attached hydrogens (tertiary/aromatic N) is 1. The number of aromatic amines is 1. The van der Waals surface area contributed by atoms with Crippen LogP contribution in [-0.2, 0) is 0 Å². The van der Waals surface area contributed by atoms with Crippen molar-refractivity contribution in [2.24, 2.45) is 11.8 Å². The van der Waals surface area contributed by atoms with Crippen molar-refractivity contribution in [1.29, 1.82) is 0 Å². The lowest BCUT2D eigenvalue weighted by Crippen LogP contribution is -2.35. The van der Waals surface area contributed by atoms with Gasteiger partial charge in [-0.25, -0.2) is 0 Å². The Morgan fingerprint density at radius 1 is 1.16 bits per heavy atom. The highest BCUT2D eigenvalue weighted by molar-refractivity contribution is 5.79. The van der Waals surface area contributed by atoms with Crippen LogP contribution in [0.5, 0.6) is 5.75 Å². The second kappa shape index (κ2) is 8.52. The number of aromatic nitrogens is 1. The summed E-state index contributed by atoms with van der Waals surface area (Å²) in [6.45, 7) is 9.11. The molecule has 0 amide bonds. The Kier molecular flexibility index (Phi) is 6.14. The van der Waals surface area contributed by atoms with Crippen LogP contribution in [0, 0.1) is 11.8 Å². The van der Waals surface area contributed by atoms with Gasteiger partial charge in [0.25, 0.3) is 0 Å². The molecule has 25 heavy (non-hydrogen) atoms. The summed E-state index contributed by atoms with van der Waals surface area (Å²) in [5, 5.41) is 1.02. The van der Waals surface area contributed by atoms with Crippen molar-refractivity contribution >= 4 is 10.9 Å². The fraction of sp³-hybridized carbons (Fsp3) is 0.571. The minimum absolute atomic E-state index is 0.0779. The predicted molar refractivity (Wildman–Crippen MR) is 103 cm³/mol. The van der Waals surface area contributed by atoms with Gasteiger partial charge in [0.1, 0.15) is 5.75 Å². The number of pyridine rings is 1. The molecular formula is C21H30N2O2. The van der Waals surface area contributed by atoms with E-state index < -0.39 is 0 Å². The van der Waals surface area contributed by atoms with Gasteiger partial charge in [-0.15, -0.1) is 0 Å². The Labute approximate surface area is 150 Å². The number of hydrogen-bond acceptors (Lipinski definition) is 3. The second-order valence-electron chi connectivity index (χ2n) is 7.55. The minimum Gasteiger partial charge on any atom is -0.494 e. The summed E-state index contributed by atoms with van der Waals surface area (Å²) in [4.78, 5) is 16.8. The van der Waals surface area contributed by atoms with Crippen LogP contribution in [0.1, 0.15) is 39.5 Å². The number of rotatable bonds is 7. The molecule has 0 radical (unpaired) electrons. The van der Waals surface area contributed by atoms with E-state index in [0.717, 1.165) is 41.5 Å². The Morgan fingerprint density at radius 3 is 2.68 bits per heavy atom. The van der Waals surface area contributed by atoms with Crippen molar-refractivity contribution in [3.05, 3.63) is 40.7 Å². The van der Waals surface area contributed by atoms with Crippen molar-refractivity contribution in [3.8, 4) is 5.75 Å². The van der Waals surface area contributed by atoms with Gasteiger partial charge in [-0.1, -0.05) is 13.8 Å². The molecule has 4 heteroatoms. The smallest absolute Gasteiger partial charge is 0.248 e. The van der Waals surface area contributed by atoms with E-state index in [1.807, 2.05) is 24.3 Å². The Balaban J connectivity index is 1.37. The largest absolute Gasteiger partial charge is 0.494 e. The van der Waals surface area contributed by atoms with Crippen LogP contribution in [0.25, 0.3) is 10.9 Å².